The van der Waals surface area contributed by atoms with E-state index in [1.807, 2.05) is 0 Å². The molecule has 0 amide bonds. The van der Waals surface area contributed by atoms with Crippen molar-refractivity contribution in [3.05, 3.63) is 119 Å². The maximum atomic E-state index is 3.56. The lowest BCUT2D eigenvalue weighted by molar-refractivity contribution is 0.795. The van der Waals surface area contributed by atoms with Gasteiger partial charge in [-0.1, -0.05) is 48.5 Å². The SMILES string of the molecule is c1cc2ccc1Cc1ccc(cc1)NCCCCNc1ccc(cc1)Cc1ccc(cc1)NCCCCN2. The monoisotopic (exact) mass is 504 g/mol. The zero-order valence-electron chi connectivity index (χ0n) is 22.3. The Labute approximate surface area is 227 Å². The third-order valence-corrected chi connectivity index (χ3v) is 7.16. The first-order valence-corrected chi connectivity index (χ1v) is 14.1. The summed E-state index contributed by atoms with van der Waals surface area (Å²) in [5, 5.41) is 14.3. The molecule has 0 radical (unpaired) electrons. The molecule has 10 heterocycles. The van der Waals surface area contributed by atoms with Crippen molar-refractivity contribution in [3.8, 4) is 0 Å². The van der Waals surface area contributed by atoms with Gasteiger partial charge >= 0.3 is 0 Å². The predicted molar refractivity (Wildman–Crippen MR) is 164 cm³/mol. The second kappa shape index (κ2) is 13.6. The van der Waals surface area contributed by atoms with Crippen molar-refractivity contribution in [1.82, 2.24) is 0 Å². The Balaban J connectivity index is 1.19. The summed E-state index contributed by atoms with van der Waals surface area (Å²) in [5.41, 5.74) is 10.1. The van der Waals surface area contributed by atoms with Crippen molar-refractivity contribution >= 4 is 22.7 Å². The van der Waals surface area contributed by atoms with Crippen LogP contribution in [-0.4, -0.2) is 26.2 Å². The third-order valence-electron chi connectivity index (χ3n) is 7.16. The van der Waals surface area contributed by atoms with E-state index in [4.69, 9.17) is 0 Å². The zero-order chi connectivity index (χ0) is 25.8. The van der Waals surface area contributed by atoms with Gasteiger partial charge in [0.1, 0.15) is 0 Å². The molecular weight excluding hydrogens is 464 g/mol. The van der Waals surface area contributed by atoms with E-state index in [0.29, 0.717) is 0 Å². The van der Waals surface area contributed by atoms with E-state index in [2.05, 4.69) is 118 Å². The van der Waals surface area contributed by atoms with E-state index >= 15 is 0 Å². The van der Waals surface area contributed by atoms with E-state index in [9.17, 15) is 0 Å². The van der Waals surface area contributed by atoms with Crippen LogP contribution in [0.3, 0.4) is 0 Å². The van der Waals surface area contributed by atoms with Crippen molar-refractivity contribution in [1.29, 1.82) is 0 Å². The predicted octanol–water partition coefficient (Wildman–Crippen LogP) is 7.79. The second-order valence-corrected chi connectivity index (χ2v) is 10.3. The molecule has 8 bridgehead atoms. The normalized spacial score (nSPS) is 15.2. The molecule has 0 aromatic heterocycles. The lowest BCUT2D eigenvalue weighted by Crippen LogP contribution is -2.07. The minimum atomic E-state index is 0.958. The van der Waals surface area contributed by atoms with Gasteiger partial charge in [0.15, 0.2) is 0 Å². The quantitative estimate of drug-likeness (QED) is 0.197. The highest BCUT2D eigenvalue weighted by Crippen LogP contribution is 2.18. The minimum absolute atomic E-state index is 0.958. The summed E-state index contributed by atoms with van der Waals surface area (Å²) in [6.07, 6.45) is 6.46. The van der Waals surface area contributed by atoms with E-state index in [-0.39, 0.29) is 0 Å². The van der Waals surface area contributed by atoms with Crippen LogP contribution in [0.1, 0.15) is 47.9 Å². The van der Waals surface area contributed by atoms with Crippen LogP contribution in [-0.2, 0) is 12.8 Å². The van der Waals surface area contributed by atoms with Gasteiger partial charge in [-0.3, -0.25) is 0 Å². The molecule has 4 aromatic carbocycles. The van der Waals surface area contributed by atoms with Gasteiger partial charge in [0.05, 0.1) is 0 Å². The number of nitrogens with one attached hydrogen (secondary N) is 4. The Bertz CT molecular complexity index is 1030. The molecule has 0 unspecified atom stereocenters. The van der Waals surface area contributed by atoms with Gasteiger partial charge in [0, 0.05) is 48.9 Å². The molecule has 10 aliphatic heterocycles. The van der Waals surface area contributed by atoms with Gasteiger partial charge < -0.3 is 21.3 Å². The number of hydrogen-bond donors (Lipinski definition) is 4. The molecule has 4 heteroatoms. The first-order chi connectivity index (χ1) is 18.8. The van der Waals surface area contributed by atoms with E-state index in [0.717, 1.165) is 64.7 Å². The van der Waals surface area contributed by atoms with Crippen LogP contribution in [0.5, 0.6) is 0 Å². The van der Waals surface area contributed by atoms with Crippen LogP contribution in [0.15, 0.2) is 97.1 Å². The highest BCUT2D eigenvalue weighted by Gasteiger charge is 2.01. The smallest absolute Gasteiger partial charge is 0.0340 e. The van der Waals surface area contributed by atoms with Gasteiger partial charge in [-0.2, -0.15) is 0 Å². The zero-order valence-corrected chi connectivity index (χ0v) is 22.3. The lowest BCUT2D eigenvalue weighted by Gasteiger charge is -2.11. The maximum Gasteiger partial charge on any atom is 0.0340 e. The minimum Gasteiger partial charge on any atom is -0.385 e. The van der Waals surface area contributed by atoms with Crippen molar-refractivity contribution in [2.75, 3.05) is 47.4 Å². The Morgan fingerprint density at radius 3 is 0.711 bits per heavy atom. The fraction of sp³-hybridized carbons (Fsp3) is 0.294. The summed E-state index contributed by atoms with van der Waals surface area (Å²) in [4.78, 5) is 0. The largest absolute Gasteiger partial charge is 0.385 e. The molecule has 0 fully saturated rings. The molecule has 38 heavy (non-hydrogen) atoms. The summed E-state index contributed by atoms with van der Waals surface area (Å²) in [7, 11) is 0. The number of benzene rings is 4. The number of hydrogen-bond acceptors (Lipinski definition) is 4. The third kappa shape index (κ3) is 8.04. The summed E-state index contributed by atoms with van der Waals surface area (Å²) >= 11 is 0. The van der Waals surface area contributed by atoms with E-state index in [1.54, 1.807) is 0 Å². The van der Waals surface area contributed by atoms with Crippen molar-refractivity contribution in [2.24, 2.45) is 0 Å². The van der Waals surface area contributed by atoms with Crippen LogP contribution in [0.2, 0.25) is 0 Å². The summed E-state index contributed by atoms with van der Waals surface area (Å²) in [5.74, 6) is 0. The van der Waals surface area contributed by atoms with Gasteiger partial charge in [-0.25, -0.2) is 0 Å². The van der Waals surface area contributed by atoms with E-state index < -0.39 is 0 Å². The average molecular weight is 505 g/mol. The summed E-state index contributed by atoms with van der Waals surface area (Å²) in [6.45, 7) is 3.96. The van der Waals surface area contributed by atoms with Crippen molar-refractivity contribution in [2.45, 2.75) is 38.5 Å². The molecular formula is C34H40N4. The van der Waals surface area contributed by atoms with Crippen LogP contribution in [0.4, 0.5) is 22.7 Å². The fourth-order valence-corrected chi connectivity index (χ4v) is 4.86. The maximum absolute atomic E-state index is 3.56. The molecule has 14 rings (SSSR count). The van der Waals surface area contributed by atoms with Gasteiger partial charge in [-0.05, 0) is 109 Å². The van der Waals surface area contributed by atoms with Crippen LogP contribution in [0.25, 0.3) is 0 Å². The Hall–Kier alpha value is -3.92. The second-order valence-electron chi connectivity index (χ2n) is 10.3. The molecule has 0 saturated heterocycles. The molecule has 4 aromatic rings. The van der Waals surface area contributed by atoms with Gasteiger partial charge in [-0.15, -0.1) is 0 Å². The van der Waals surface area contributed by atoms with Gasteiger partial charge in [0.2, 0.25) is 0 Å². The van der Waals surface area contributed by atoms with Crippen LogP contribution in [0, 0.1) is 0 Å². The molecule has 10 aliphatic rings. The molecule has 0 saturated carbocycles. The molecule has 4 N–H and O–H groups in total. The van der Waals surface area contributed by atoms with Crippen molar-refractivity contribution in [3.63, 3.8) is 0 Å². The molecule has 4 nitrogen and oxygen atoms in total. The number of rotatable bonds is 0. The lowest BCUT2D eigenvalue weighted by atomic mass is 10.0. The molecule has 196 valence electrons. The Morgan fingerprint density at radius 1 is 0.289 bits per heavy atom. The van der Waals surface area contributed by atoms with E-state index in [1.165, 1.54) is 45.0 Å². The first kappa shape index (κ1) is 25.7. The molecule has 0 aliphatic carbocycles. The van der Waals surface area contributed by atoms with Crippen molar-refractivity contribution < 1.29 is 0 Å². The topological polar surface area (TPSA) is 48.1 Å². The fourth-order valence-electron chi connectivity index (χ4n) is 4.86. The van der Waals surface area contributed by atoms with Crippen LogP contribution < -0.4 is 21.3 Å². The van der Waals surface area contributed by atoms with Gasteiger partial charge in [0.25, 0.3) is 0 Å². The number of anilines is 4. The Kier molecular flexibility index (Phi) is 9.19. The van der Waals surface area contributed by atoms with Crippen LogP contribution >= 0.6 is 0 Å². The average Bonchev–Trinajstić information content (AvgIpc) is 2.95. The molecule has 0 atom stereocenters. The summed E-state index contributed by atoms with van der Waals surface area (Å²) in [6, 6.07) is 35.5. The highest BCUT2D eigenvalue weighted by atomic mass is 14.9. The summed E-state index contributed by atoms with van der Waals surface area (Å²) < 4.78 is 0. The standard InChI is InChI=1S/C34H40N4/c1-2-22-36-32-15-7-28(8-16-32)26-30-11-19-34(20-12-30)38-24-4-3-23-37-33-17-9-29(10-18-33)25-27-5-13-31(14-6-27)35-21-1/h5-20,35-38H,1-4,21-26H2. The molecule has 0 spiro atoms. The Morgan fingerprint density at radius 2 is 0.500 bits per heavy atom. The first-order valence-electron chi connectivity index (χ1n) is 14.1. The highest BCUT2D eigenvalue weighted by molar-refractivity contribution is 5.49.